The normalized spacial score (nSPS) is 24.7. The summed E-state index contributed by atoms with van der Waals surface area (Å²) in [5.74, 6) is 0.718. The number of aromatic nitrogens is 2. The second kappa shape index (κ2) is 6.22. The SMILES string of the molecule is Fc1cccc(CN2C[C@@H]3OCCN(c4cnccn4)[C@@H]3C2)c1. The summed E-state index contributed by atoms with van der Waals surface area (Å²) in [7, 11) is 0. The average molecular weight is 314 g/mol. The molecule has 6 heteroatoms. The van der Waals surface area contributed by atoms with Gasteiger partial charge >= 0.3 is 0 Å². The molecule has 3 heterocycles. The first-order valence-electron chi connectivity index (χ1n) is 7.91. The van der Waals surface area contributed by atoms with E-state index in [1.54, 1.807) is 30.7 Å². The molecule has 1 aromatic heterocycles. The van der Waals surface area contributed by atoms with Gasteiger partial charge in [-0.1, -0.05) is 12.1 Å². The maximum atomic E-state index is 13.4. The van der Waals surface area contributed by atoms with Crippen LogP contribution in [0, 0.1) is 5.82 Å². The molecule has 2 aromatic rings. The Morgan fingerprint density at radius 1 is 1.26 bits per heavy atom. The number of likely N-dealkylation sites (tertiary alicyclic amines) is 1. The van der Waals surface area contributed by atoms with E-state index in [1.165, 1.54) is 6.07 Å². The number of rotatable bonds is 3. The van der Waals surface area contributed by atoms with E-state index >= 15 is 0 Å². The maximum absolute atomic E-state index is 13.4. The Morgan fingerprint density at radius 3 is 3.04 bits per heavy atom. The molecule has 0 aliphatic carbocycles. The van der Waals surface area contributed by atoms with Crippen LogP contribution in [0.5, 0.6) is 0 Å². The lowest BCUT2D eigenvalue weighted by molar-refractivity contribution is 0.0303. The van der Waals surface area contributed by atoms with Gasteiger partial charge in [-0.3, -0.25) is 9.88 Å². The molecule has 2 aliphatic heterocycles. The number of fused-ring (bicyclic) bond motifs is 1. The highest BCUT2D eigenvalue weighted by Gasteiger charge is 2.40. The van der Waals surface area contributed by atoms with E-state index in [9.17, 15) is 4.39 Å². The monoisotopic (exact) mass is 314 g/mol. The molecule has 120 valence electrons. The zero-order valence-corrected chi connectivity index (χ0v) is 12.8. The van der Waals surface area contributed by atoms with E-state index in [4.69, 9.17) is 4.74 Å². The Kier molecular flexibility index (Phi) is 3.93. The van der Waals surface area contributed by atoms with Crippen LogP contribution in [0.3, 0.4) is 0 Å². The van der Waals surface area contributed by atoms with Gasteiger partial charge < -0.3 is 9.64 Å². The van der Waals surface area contributed by atoms with Crippen molar-refractivity contribution in [3.8, 4) is 0 Å². The third kappa shape index (κ3) is 3.04. The minimum atomic E-state index is -0.184. The van der Waals surface area contributed by atoms with Crippen molar-refractivity contribution < 1.29 is 9.13 Å². The quantitative estimate of drug-likeness (QED) is 0.863. The van der Waals surface area contributed by atoms with Crippen LogP contribution >= 0.6 is 0 Å². The highest BCUT2D eigenvalue weighted by molar-refractivity contribution is 5.39. The first-order chi connectivity index (χ1) is 11.3. The zero-order valence-electron chi connectivity index (χ0n) is 12.8. The summed E-state index contributed by atoms with van der Waals surface area (Å²) in [5, 5.41) is 0. The van der Waals surface area contributed by atoms with E-state index in [0.717, 1.165) is 37.6 Å². The Bertz CT molecular complexity index is 669. The molecule has 2 atom stereocenters. The van der Waals surface area contributed by atoms with Gasteiger partial charge in [0.1, 0.15) is 11.6 Å². The standard InChI is InChI=1S/C17H19FN4O/c18-14-3-1-2-13(8-14)10-21-11-15-16(12-21)23-7-6-22(15)17-9-19-4-5-20-17/h1-5,8-9,15-16H,6-7,10-12H2/t15-,16+/m1/s1. The lowest BCUT2D eigenvalue weighted by Crippen LogP contribution is -2.51. The van der Waals surface area contributed by atoms with Gasteiger partial charge in [0, 0.05) is 38.6 Å². The fourth-order valence-corrected chi connectivity index (χ4v) is 3.51. The summed E-state index contributed by atoms with van der Waals surface area (Å²) in [6.45, 7) is 4.01. The molecule has 0 N–H and O–H groups in total. The number of benzene rings is 1. The highest BCUT2D eigenvalue weighted by atomic mass is 19.1. The molecule has 0 saturated carbocycles. The van der Waals surface area contributed by atoms with E-state index in [1.807, 2.05) is 6.07 Å². The molecule has 0 bridgehead atoms. The first-order valence-corrected chi connectivity index (χ1v) is 7.91. The van der Waals surface area contributed by atoms with Gasteiger partial charge in [0.15, 0.2) is 0 Å². The molecule has 0 unspecified atom stereocenters. The summed E-state index contributed by atoms with van der Waals surface area (Å²) in [4.78, 5) is 13.2. The first kappa shape index (κ1) is 14.5. The third-order valence-corrected chi connectivity index (χ3v) is 4.52. The van der Waals surface area contributed by atoms with Crippen molar-refractivity contribution in [2.24, 2.45) is 0 Å². The lowest BCUT2D eigenvalue weighted by atomic mass is 10.1. The van der Waals surface area contributed by atoms with Crippen molar-refractivity contribution in [1.82, 2.24) is 14.9 Å². The van der Waals surface area contributed by atoms with Gasteiger partial charge in [0.25, 0.3) is 0 Å². The fourth-order valence-electron chi connectivity index (χ4n) is 3.51. The van der Waals surface area contributed by atoms with Crippen molar-refractivity contribution in [2.45, 2.75) is 18.7 Å². The van der Waals surface area contributed by atoms with E-state index in [0.29, 0.717) is 6.61 Å². The van der Waals surface area contributed by atoms with E-state index in [2.05, 4.69) is 19.8 Å². The molecule has 23 heavy (non-hydrogen) atoms. The average Bonchev–Trinajstić information content (AvgIpc) is 2.98. The van der Waals surface area contributed by atoms with Gasteiger partial charge in [-0.15, -0.1) is 0 Å². The smallest absolute Gasteiger partial charge is 0.147 e. The van der Waals surface area contributed by atoms with Crippen molar-refractivity contribution in [3.05, 3.63) is 54.2 Å². The molecule has 2 aliphatic rings. The summed E-state index contributed by atoms with van der Waals surface area (Å²) in [6.07, 6.45) is 5.38. The zero-order chi connectivity index (χ0) is 15.6. The third-order valence-electron chi connectivity index (χ3n) is 4.52. The Hall–Kier alpha value is -2.05. The molecular formula is C17H19FN4O. The number of nitrogens with zero attached hydrogens (tertiary/aromatic N) is 4. The number of ether oxygens (including phenoxy) is 1. The predicted octanol–water partition coefficient (Wildman–Crippen LogP) is 1.71. The second-order valence-electron chi connectivity index (χ2n) is 6.06. The lowest BCUT2D eigenvalue weighted by Gasteiger charge is -2.37. The van der Waals surface area contributed by atoms with Crippen molar-refractivity contribution in [2.75, 3.05) is 31.1 Å². The van der Waals surface area contributed by atoms with Crippen LogP contribution in [0.1, 0.15) is 5.56 Å². The van der Waals surface area contributed by atoms with Crippen molar-refractivity contribution in [1.29, 1.82) is 0 Å². The fraction of sp³-hybridized carbons (Fsp3) is 0.412. The van der Waals surface area contributed by atoms with Crippen LogP contribution in [0.2, 0.25) is 0 Å². The largest absolute Gasteiger partial charge is 0.373 e. The second-order valence-corrected chi connectivity index (χ2v) is 6.06. The summed E-state index contributed by atoms with van der Waals surface area (Å²) < 4.78 is 19.3. The van der Waals surface area contributed by atoms with Crippen molar-refractivity contribution >= 4 is 5.82 Å². The maximum Gasteiger partial charge on any atom is 0.147 e. The van der Waals surface area contributed by atoms with Crippen LogP contribution in [0.25, 0.3) is 0 Å². The highest BCUT2D eigenvalue weighted by Crippen LogP contribution is 2.27. The molecule has 4 rings (SSSR count). The Morgan fingerprint density at radius 2 is 2.22 bits per heavy atom. The number of morpholine rings is 1. The molecule has 2 fully saturated rings. The topological polar surface area (TPSA) is 41.5 Å². The Balaban J connectivity index is 1.49. The molecule has 0 amide bonds. The van der Waals surface area contributed by atoms with Gasteiger partial charge in [-0.05, 0) is 17.7 Å². The minimum absolute atomic E-state index is 0.166. The van der Waals surface area contributed by atoms with Crippen LogP contribution in [-0.2, 0) is 11.3 Å². The number of anilines is 1. The van der Waals surface area contributed by atoms with Crippen LogP contribution in [0.15, 0.2) is 42.9 Å². The predicted molar refractivity (Wildman–Crippen MR) is 84.6 cm³/mol. The summed E-state index contributed by atoms with van der Waals surface area (Å²) in [6, 6.07) is 7.08. The minimum Gasteiger partial charge on any atom is -0.373 e. The molecule has 1 aromatic carbocycles. The van der Waals surface area contributed by atoms with Crippen LogP contribution in [0.4, 0.5) is 10.2 Å². The molecule has 0 radical (unpaired) electrons. The molecular weight excluding hydrogens is 295 g/mol. The summed E-state index contributed by atoms with van der Waals surface area (Å²) in [5.41, 5.74) is 0.995. The summed E-state index contributed by atoms with van der Waals surface area (Å²) >= 11 is 0. The van der Waals surface area contributed by atoms with Gasteiger partial charge in [0.05, 0.1) is 24.9 Å². The van der Waals surface area contributed by atoms with Crippen molar-refractivity contribution in [3.63, 3.8) is 0 Å². The Labute approximate surface area is 134 Å². The number of halogens is 1. The molecule has 2 saturated heterocycles. The van der Waals surface area contributed by atoms with Crippen LogP contribution < -0.4 is 4.90 Å². The number of hydrogen-bond donors (Lipinski definition) is 0. The van der Waals surface area contributed by atoms with Gasteiger partial charge in [-0.25, -0.2) is 9.37 Å². The molecule has 5 nitrogen and oxygen atoms in total. The van der Waals surface area contributed by atoms with Crippen LogP contribution in [-0.4, -0.2) is 53.3 Å². The van der Waals surface area contributed by atoms with Gasteiger partial charge in [0.2, 0.25) is 0 Å². The van der Waals surface area contributed by atoms with E-state index < -0.39 is 0 Å². The molecule has 0 spiro atoms. The van der Waals surface area contributed by atoms with Gasteiger partial charge in [-0.2, -0.15) is 0 Å². The van der Waals surface area contributed by atoms with E-state index in [-0.39, 0.29) is 18.0 Å². The number of hydrogen-bond acceptors (Lipinski definition) is 5.